The minimum atomic E-state index is -0.132. The molecule has 0 bridgehead atoms. The third-order valence-corrected chi connectivity index (χ3v) is 5.42. The lowest BCUT2D eigenvalue weighted by Gasteiger charge is -2.37. The first-order valence-electron chi connectivity index (χ1n) is 8.99. The molecule has 7 heteroatoms. The summed E-state index contributed by atoms with van der Waals surface area (Å²) in [6.07, 6.45) is 1.83. The van der Waals surface area contributed by atoms with Gasteiger partial charge >= 0.3 is 0 Å². The number of nitrogens with zero attached hydrogens (tertiary/aromatic N) is 3. The second kappa shape index (κ2) is 9.00. The summed E-state index contributed by atoms with van der Waals surface area (Å²) in [5.74, 6) is 0.895. The number of aromatic nitrogens is 1. The molecule has 1 aromatic carbocycles. The quantitative estimate of drug-likeness (QED) is 0.753. The number of thiazole rings is 1. The number of aryl methyl sites for hydroxylation is 1. The van der Waals surface area contributed by atoms with Crippen molar-refractivity contribution in [2.45, 2.75) is 19.9 Å². The second-order valence-electron chi connectivity index (χ2n) is 6.47. The van der Waals surface area contributed by atoms with Gasteiger partial charge in [0.25, 0.3) is 0 Å². The number of carbonyl (C=O) groups is 1. The molecule has 2 aromatic rings. The lowest BCUT2D eigenvalue weighted by atomic mass is 10.2. The predicted octanol–water partition coefficient (Wildman–Crippen LogP) is 2.16. The molecule has 0 aliphatic carbocycles. The molecular formula is C19H26N4O2S. The second-order valence-corrected chi connectivity index (χ2v) is 7.34. The number of piperazine rings is 1. The van der Waals surface area contributed by atoms with Crippen molar-refractivity contribution < 1.29 is 9.53 Å². The molecule has 2 heterocycles. The number of benzene rings is 1. The summed E-state index contributed by atoms with van der Waals surface area (Å²) in [6.45, 7) is 8.53. The van der Waals surface area contributed by atoms with E-state index >= 15 is 0 Å². The molecule has 1 aliphatic heterocycles. The van der Waals surface area contributed by atoms with Gasteiger partial charge in [0, 0.05) is 37.8 Å². The Bertz CT molecular complexity index is 699. The number of rotatable bonds is 7. The van der Waals surface area contributed by atoms with Crippen molar-refractivity contribution in [3.05, 3.63) is 41.4 Å². The molecule has 1 N–H and O–H groups in total. The molecule has 1 fully saturated rings. The van der Waals surface area contributed by atoms with Crippen LogP contribution in [0.15, 0.2) is 35.8 Å². The highest BCUT2D eigenvalue weighted by molar-refractivity contribution is 7.13. The molecule has 0 spiro atoms. The van der Waals surface area contributed by atoms with E-state index in [1.165, 1.54) is 0 Å². The number of hydrogen-bond donors (Lipinski definition) is 1. The topological polar surface area (TPSA) is 57.7 Å². The number of ether oxygens (including phenoxy) is 1. The Morgan fingerprint density at radius 3 is 2.85 bits per heavy atom. The van der Waals surface area contributed by atoms with Crippen LogP contribution in [0.4, 0.5) is 5.13 Å². The summed E-state index contributed by atoms with van der Waals surface area (Å²) in [5.41, 5.74) is 1.16. The molecule has 0 saturated carbocycles. The van der Waals surface area contributed by atoms with Crippen molar-refractivity contribution >= 4 is 22.4 Å². The Morgan fingerprint density at radius 2 is 2.15 bits per heavy atom. The SMILES string of the molecule is Cc1cccc(OCCNC(=O)C(C)N2CCN(c3nccs3)CC2)c1. The third-order valence-electron chi connectivity index (χ3n) is 4.59. The molecule has 6 nitrogen and oxygen atoms in total. The lowest BCUT2D eigenvalue weighted by Crippen LogP contribution is -2.54. The van der Waals surface area contributed by atoms with Crippen LogP contribution >= 0.6 is 11.3 Å². The van der Waals surface area contributed by atoms with Crippen LogP contribution in [0.5, 0.6) is 5.75 Å². The van der Waals surface area contributed by atoms with Crippen molar-refractivity contribution in [2.24, 2.45) is 0 Å². The average molecular weight is 375 g/mol. The third kappa shape index (κ3) is 4.95. The fourth-order valence-corrected chi connectivity index (χ4v) is 3.73. The Kier molecular flexibility index (Phi) is 6.46. The summed E-state index contributed by atoms with van der Waals surface area (Å²) in [4.78, 5) is 21.2. The number of amides is 1. The van der Waals surface area contributed by atoms with Gasteiger partial charge in [0.1, 0.15) is 12.4 Å². The van der Waals surface area contributed by atoms with Crippen molar-refractivity contribution in [1.82, 2.24) is 15.2 Å². The van der Waals surface area contributed by atoms with Gasteiger partial charge in [-0.1, -0.05) is 12.1 Å². The normalized spacial score (nSPS) is 16.3. The highest BCUT2D eigenvalue weighted by Crippen LogP contribution is 2.19. The van der Waals surface area contributed by atoms with Gasteiger partial charge in [-0.2, -0.15) is 0 Å². The van der Waals surface area contributed by atoms with Crippen LogP contribution in [0.2, 0.25) is 0 Å². The van der Waals surface area contributed by atoms with Crippen LogP contribution in [-0.2, 0) is 4.79 Å². The van der Waals surface area contributed by atoms with E-state index in [1.54, 1.807) is 11.3 Å². The zero-order chi connectivity index (χ0) is 18.4. The van der Waals surface area contributed by atoms with Crippen LogP contribution in [-0.4, -0.2) is 61.2 Å². The largest absolute Gasteiger partial charge is 0.492 e. The van der Waals surface area contributed by atoms with Gasteiger partial charge in [-0.3, -0.25) is 9.69 Å². The summed E-state index contributed by atoms with van der Waals surface area (Å²) < 4.78 is 5.68. The number of nitrogens with one attached hydrogen (secondary N) is 1. The van der Waals surface area contributed by atoms with Gasteiger partial charge < -0.3 is 15.0 Å². The molecule has 1 saturated heterocycles. The van der Waals surface area contributed by atoms with E-state index in [2.05, 4.69) is 20.1 Å². The van der Waals surface area contributed by atoms with Gasteiger partial charge in [-0.05, 0) is 31.5 Å². The van der Waals surface area contributed by atoms with Gasteiger partial charge in [0.15, 0.2) is 5.13 Å². The smallest absolute Gasteiger partial charge is 0.237 e. The first-order valence-corrected chi connectivity index (χ1v) is 9.87. The first kappa shape index (κ1) is 18.7. The zero-order valence-electron chi connectivity index (χ0n) is 15.4. The molecule has 1 atom stereocenters. The van der Waals surface area contributed by atoms with E-state index in [1.807, 2.05) is 49.7 Å². The first-order chi connectivity index (χ1) is 12.6. The van der Waals surface area contributed by atoms with E-state index in [9.17, 15) is 4.79 Å². The molecule has 140 valence electrons. The molecule has 3 rings (SSSR count). The Balaban J connectivity index is 1.37. The Hall–Kier alpha value is -2.12. The number of carbonyl (C=O) groups excluding carboxylic acids is 1. The Morgan fingerprint density at radius 1 is 1.35 bits per heavy atom. The van der Waals surface area contributed by atoms with E-state index in [0.29, 0.717) is 13.2 Å². The van der Waals surface area contributed by atoms with Crippen LogP contribution < -0.4 is 15.0 Å². The number of hydrogen-bond acceptors (Lipinski definition) is 6. The highest BCUT2D eigenvalue weighted by atomic mass is 32.1. The van der Waals surface area contributed by atoms with Crippen molar-refractivity contribution in [3.63, 3.8) is 0 Å². The fourth-order valence-electron chi connectivity index (χ4n) is 3.03. The average Bonchev–Trinajstić information content (AvgIpc) is 3.19. The summed E-state index contributed by atoms with van der Waals surface area (Å²) >= 11 is 1.66. The molecule has 1 unspecified atom stereocenters. The molecule has 0 radical (unpaired) electrons. The maximum atomic E-state index is 12.4. The molecule has 1 amide bonds. The molecule has 26 heavy (non-hydrogen) atoms. The predicted molar refractivity (Wildman–Crippen MR) is 105 cm³/mol. The van der Waals surface area contributed by atoms with Crippen LogP contribution in [0, 0.1) is 6.92 Å². The van der Waals surface area contributed by atoms with Crippen LogP contribution in [0.25, 0.3) is 0 Å². The van der Waals surface area contributed by atoms with E-state index in [-0.39, 0.29) is 11.9 Å². The summed E-state index contributed by atoms with van der Waals surface area (Å²) in [7, 11) is 0. The van der Waals surface area contributed by atoms with Crippen LogP contribution in [0.1, 0.15) is 12.5 Å². The van der Waals surface area contributed by atoms with Gasteiger partial charge in [0.2, 0.25) is 5.91 Å². The van der Waals surface area contributed by atoms with Gasteiger partial charge in [-0.25, -0.2) is 4.98 Å². The molecular weight excluding hydrogens is 348 g/mol. The maximum absolute atomic E-state index is 12.4. The molecule has 1 aliphatic rings. The van der Waals surface area contributed by atoms with E-state index in [0.717, 1.165) is 42.6 Å². The molecule has 1 aromatic heterocycles. The van der Waals surface area contributed by atoms with Crippen molar-refractivity contribution in [3.8, 4) is 5.75 Å². The maximum Gasteiger partial charge on any atom is 0.237 e. The van der Waals surface area contributed by atoms with Gasteiger partial charge in [-0.15, -0.1) is 11.3 Å². The fraction of sp³-hybridized carbons (Fsp3) is 0.474. The summed E-state index contributed by atoms with van der Waals surface area (Å²) in [6, 6.07) is 7.79. The minimum absolute atomic E-state index is 0.0561. The number of anilines is 1. The minimum Gasteiger partial charge on any atom is -0.492 e. The summed E-state index contributed by atoms with van der Waals surface area (Å²) in [5, 5.41) is 6.04. The monoisotopic (exact) mass is 374 g/mol. The van der Waals surface area contributed by atoms with E-state index < -0.39 is 0 Å². The van der Waals surface area contributed by atoms with Crippen molar-refractivity contribution in [1.29, 1.82) is 0 Å². The standard InChI is InChI=1S/C19H26N4O2S/c1-15-4-3-5-17(14-15)25-12-6-20-18(24)16(2)22-8-10-23(11-9-22)19-21-7-13-26-19/h3-5,7,13-14,16H,6,8-12H2,1-2H3,(H,20,24). The van der Waals surface area contributed by atoms with Crippen molar-refractivity contribution in [2.75, 3.05) is 44.2 Å². The van der Waals surface area contributed by atoms with Crippen LogP contribution in [0.3, 0.4) is 0 Å². The zero-order valence-corrected chi connectivity index (χ0v) is 16.2. The Labute approximate surface area is 158 Å². The highest BCUT2D eigenvalue weighted by Gasteiger charge is 2.26. The van der Waals surface area contributed by atoms with Gasteiger partial charge in [0.05, 0.1) is 12.6 Å². The van der Waals surface area contributed by atoms with E-state index in [4.69, 9.17) is 4.74 Å². The lowest BCUT2D eigenvalue weighted by molar-refractivity contribution is -0.126.